The summed E-state index contributed by atoms with van der Waals surface area (Å²) in [5, 5.41) is 2.47. The number of hydrogen-bond acceptors (Lipinski definition) is 6. The zero-order valence-corrected chi connectivity index (χ0v) is 15.7. The van der Waals surface area contributed by atoms with E-state index in [1.165, 1.54) is 23.1 Å². The zero-order chi connectivity index (χ0) is 19.4. The number of rotatable bonds is 6. The average Bonchev–Trinajstić information content (AvgIpc) is 3.02. The highest BCUT2D eigenvalue weighted by Crippen LogP contribution is 2.32. The van der Waals surface area contributed by atoms with E-state index in [0.29, 0.717) is 17.1 Å². The minimum Gasteiger partial charge on any atom is -0.494 e. The fraction of sp³-hybridized carbons (Fsp3) is 0.235. The van der Waals surface area contributed by atoms with Crippen molar-refractivity contribution in [2.24, 2.45) is 0 Å². The van der Waals surface area contributed by atoms with Crippen molar-refractivity contribution in [1.29, 1.82) is 0 Å². The van der Waals surface area contributed by atoms with Crippen molar-refractivity contribution in [1.82, 2.24) is 9.97 Å². The van der Waals surface area contributed by atoms with E-state index in [-0.39, 0.29) is 17.5 Å². The van der Waals surface area contributed by atoms with Crippen molar-refractivity contribution in [2.75, 3.05) is 17.7 Å². The van der Waals surface area contributed by atoms with Gasteiger partial charge in [-0.05, 0) is 37.3 Å². The lowest BCUT2D eigenvalue weighted by molar-refractivity contribution is -0.137. The van der Waals surface area contributed by atoms with Crippen LogP contribution in [0.3, 0.4) is 0 Å². The third kappa shape index (κ3) is 5.10. The minimum atomic E-state index is -4.46. The second-order valence-electron chi connectivity index (χ2n) is 5.31. The first-order valence-electron chi connectivity index (χ1n) is 7.84. The molecule has 10 heteroatoms. The van der Waals surface area contributed by atoms with Gasteiger partial charge in [0, 0.05) is 6.20 Å². The fourth-order valence-electron chi connectivity index (χ4n) is 2.14. The van der Waals surface area contributed by atoms with Gasteiger partial charge in [0.2, 0.25) is 5.91 Å². The first-order valence-corrected chi connectivity index (χ1v) is 9.64. The maximum absolute atomic E-state index is 12.5. The molecule has 1 amide bonds. The Hall–Kier alpha value is -2.33. The van der Waals surface area contributed by atoms with Crippen molar-refractivity contribution in [2.45, 2.75) is 17.4 Å². The summed E-state index contributed by atoms with van der Waals surface area (Å²) >= 11 is 2.69. The molecule has 142 valence electrons. The summed E-state index contributed by atoms with van der Waals surface area (Å²) in [6.45, 7) is 2.48. The van der Waals surface area contributed by atoms with Gasteiger partial charge in [-0.15, -0.1) is 11.3 Å². The molecule has 3 aromatic rings. The van der Waals surface area contributed by atoms with Gasteiger partial charge < -0.3 is 10.1 Å². The average molecular weight is 413 g/mol. The number of amides is 1. The molecule has 0 spiro atoms. The molecular formula is C17H14F3N3O2S2. The standard InChI is InChI=1S/C17H14F3N3O2S2/c1-2-25-11-4-5-12-13(7-11)27-16(22-12)26-9-15(24)23-14-6-3-10(8-21-14)17(18,19)20/h3-8H,2,9H2,1H3,(H,21,23,24). The Labute approximate surface area is 161 Å². The Morgan fingerprint density at radius 2 is 2.11 bits per heavy atom. The van der Waals surface area contributed by atoms with Crippen LogP contribution in [0, 0.1) is 0 Å². The lowest BCUT2D eigenvalue weighted by Gasteiger charge is -2.07. The Morgan fingerprint density at radius 1 is 1.30 bits per heavy atom. The van der Waals surface area contributed by atoms with E-state index in [2.05, 4.69) is 15.3 Å². The van der Waals surface area contributed by atoms with Gasteiger partial charge in [-0.1, -0.05) is 11.8 Å². The molecule has 0 aliphatic carbocycles. The molecule has 0 radical (unpaired) electrons. The van der Waals surface area contributed by atoms with Crippen molar-refractivity contribution < 1.29 is 22.7 Å². The molecule has 1 aromatic carbocycles. The number of alkyl halides is 3. The van der Waals surface area contributed by atoms with Crippen molar-refractivity contribution in [3.63, 3.8) is 0 Å². The normalized spacial score (nSPS) is 11.6. The minimum absolute atomic E-state index is 0.0688. The molecule has 0 bridgehead atoms. The Morgan fingerprint density at radius 3 is 2.78 bits per heavy atom. The van der Waals surface area contributed by atoms with Crippen molar-refractivity contribution in [3.05, 3.63) is 42.1 Å². The maximum atomic E-state index is 12.5. The SMILES string of the molecule is CCOc1ccc2nc(SCC(=O)Nc3ccc(C(F)(F)F)cn3)sc2c1. The molecule has 0 atom stereocenters. The van der Waals surface area contributed by atoms with E-state index >= 15 is 0 Å². The van der Waals surface area contributed by atoms with Crippen LogP contribution in [0.2, 0.25) is 0 Å². The summed E-state index contributed by atoms with van der Waals surface area (Å²) in [6, 6.07) is 7.58. The van der Waals surface area contributed by atoms with Gasteiger partial charge in [-0.3, -0.25) is 4.79 Å². The molecular weight excluding hydrogens is 399 g/mol. The second kappa shape index (κ2) is 8.13. The van der Waals surface area contributed by atoms with Crippen LogP contribution >= 0.6 is 23.1 Å². The Kier molecular flexibility index (Phi) is 5.85. The van der Waals surface area contributed by atoms with E-state index in [4.69, 9.17) is 4.74 Å². The number of carbonyl (C=O) groups excluding carboxylic acids is 1. The summed E-state index contributed by atoms with van der Waals surface area (Å²) in [6.07, 6.45) is -3.77. The third-order valence-electron chi connectivity index (χ3n) is 3.34. The molecule has 27 heavy (non-hydrogen) atoms. The third-order valence-corrected chi connectivity index (χ3v) is 5.50. The highest BCUT2D eigenvalue weighted by molar-refractivity contribution is 8.01. The van der Waals surface area contributed by atoms with E-state index in [1.54, 1.807) is 0 Å². The van der Waals surface area contributed by atoms with Gasteiger partial charge in [-0.2, -0.15) is 13.2 Å². The number of hydrogen-bond donors (Lipinski definition) is 1. The van der Waals surface area contributed by atoms with Crippen molar-refractivity contribution >= 4 is 45.0 Å². The van der Waals surface area contributed by atoms with Gasteiger partial charge >= 0.3 is 6.18 Å². The molecule has 1 N–H and O–H groups in total. The number of aromatic nitrogens is 2. The van der Waals surface area contributed by atoms with Crippen LogP contribution in [0.15, 0.2) is 40.9 Å². The lowest BCUT2D eigenvalue weighted by atomic mass is 10.3. The van der Waals surface area contributed by atoms with Crippen LogP contribution in [0.4, 0.5) is 19.0 Å². The first-order chi connectivity index (χ1) is 12.8. The number of pyridine rings is 1. The van der Waals surface area contributed by atoms with Crippen LogP contribution in [-0.4, -0.2) is 28.2 Å². The van der Waals surface area contributed by atoms with Gasteiger partial charge in [0.1, 0.15) is 11.6 Å². The number of benzene rings is 1. The van der Waals surface area contributed by atoms with E-state index in [9.17, 15) is 18.0 Å². The number of nitrogens with one attached hydrogen (secondary N) is 1. The van der Waals surface area contributed by atoms with Crippen LogP contribution in [0.1, 0.15) is 12.5 Å². The number of thiazole rings is 1. The molecule has 5 nitrogen and oxygen atoms in total. The molecule has 0 fully saturated rings. The summed E-state index contributed by atoms with van der Waals surface area (Å²) < 4.78 is 44.6. The van der Waals surface area contributed by atoms with Gasteiger partial charge in [0.25, 0.3) is 0 Å². The lowest BCUT2D eigenvalue weighted by Crippen LogP contribution is -2.15. The number of carbonyl (C=O) groups is 1. The quantitative estimate of drug-likeness (QED) is 0.586. The van der Waals surface area contributed by atoms with Crippen LogP contribution in [0.5, 0.6) is 5.75 Å². The monoisotopic (exact) mass is 413 g/mol. The summed E-state index contributed by atoms with van der Waals surface area (Å²) in [7, 11) is 0. The molecule has 0 aliphatic rings. The molecule has 2 aromatic heterocycles. The van der Waals surface area contributed by atoms with E-state index in [0.717, 1.165) is 28.1 Å². The molecule has 0 aliphatic heterocycles. The maximum Gasteiger partial charge on any atom is 0.417 e. The summed E-state index contributed by atoms with van der Waals surface area (Å²) in [4.78, 5) is 20.0. The van der Waals surface area contributed by atoms with Crippen LogP contribution in [0.25, 0.3) is 10.2 Å². The van der Waals surface area contributed by atoms with Crippen LogP contribution in [-0.2, 0) is 11.0 Å². The molecule has 2 heterocycles. The smallest absolute Gasteiger partial charge is 0.417 e. The zero-order valence-electron chi connectivity index (χ0n) is 14.0. The fourth-order valence-corrected chi connectivity index (χ4v) is 4.04. The number of anilines is 1. The highest BCUT2D eigenvalue weighted by atomic mass is 32.2. The summed E-state index contributed by atoms with van der Waals surface area (Å²) in [5.41, 5.74) is -0.0495. The van der Waals surface area contributed by atoms with Crippen LogP contribution < -0.4 is 10.1 Å². The summed E-state index contributed by atoms with van der Waals surface area (Å²) in [5.74, 6) is 0.526. The molecule has 0 saturated heterocycles. The Balaban J connectivity index is 1.58. The Bertz CT molecular complexity index is 943. The number of halogens is 3. The van der Waals surface area contributed by atoms with E-state index in [1.807, 2.05) is 25.1 Å². The number of ether oxygens (including phenoxy) is 1. The topological polar surface area (TPSA) is 64.1 Å². The predicted octanol–water partition coefficient (Wildman–Crippen LogP) is 4.84. The van der Waals surface area contributed by atoms with Gasteiger partial charge in [-0.25, -0.2) is 9.97 Å². The number of thioether (sulfide) groups is 1. The number of fused-ring (bicyclic) bond motifs is 1. The second-order valence-corrected chi connectivity index (χ2v) is 7.56. The predicted molar refractivity (Wildman–Crippen MR) is 99.4 cm³/mol. The first kappa shape index (κ1) is 19.4. The molecule has 0 saturated carbocycles. The molecule has 0 unspecified atom stereocenters. The van der Waals surface area contributed by atoms with E-state index < -0.39 is 11.7 Å². The number of nitrogens with zero attached hydrogens (tertiary/aromatic N) is 2. The highest BCUT2D eigenvalue weighted by Gasteiger charge is 2.30. The van der Waals surface area contributed by atoms with Gasteiger partial charge in [0.05, 0.1) is 28.1 Å². The molecule has 3 rings (SSSR count). The van der Waals surface area contributed by atoms with Gasteiger partial charge in [0.15, 0.2) is 4.34 Å². The van der Waals surface area contributed by atoms with Crippen molar-refractivity contribution in [3.8, 4) is 5.75 Å². The largest absolute Gasteiger partial charge is 0.494 e.